The number of fused-ring (bicyclic) bond motifs is 1. The van der Waals surface area contributed by atoms with Crippen molar-refractivity contribution in [2.75, 3.05) is 0 Å². The van der Waals surface area contributed by atoms with Crippen LogP contribution < -0.4 is 14.8 Å². The highest BCUT2D eigenvalue weighted by atomic mass is 35.5. The number of rotatable bonds is 4. The van der Waals surface area contributed by atoms with Gasteiger partial charge in [-0.25, -0.2) is 14.0 Å². The number of aromatic nitrogens is 3. The molecular weight excluding hydrogens is 336 g/mol. The van der Waals surface area contributed by atoms with Gasteiger partial charge in [-0.3, -0.25) is 4.79 Å². The maximum atomic E-state index is 12.6. The minimum atomic E-state index is -0.322. The lowest BCUT2D eigenvalue weighted by atomic mass is 10.3. The van der Waals surface area contributed by atoms with Crippen LogP contribution in [-0.2, 0) is 6.54 Å². The first-order chi connectivity index (χ1) is 11.1. The average Bonchev–Trinajstić information content (AvgIpc) is 3.19. The largest absolute Gasteiger partial charge is 0.839 e. The van der Waals surface area contributed by atoms with Crippen LogP contribution in [0.2, 0.25) is 4.47 Å². The first-order valence-corrected chi connectivity index (χ1v) is 8.44. The Balaban J connectivity index is 1.83. The second-order valence-corrected chi connectivity index (χ2v) is 7.19. The molecule has 6 nitrogen and oxygen atoms in total. The Morgan fingerprint density at radius 3 is 3.04 bits per heavy atom. The molecule has 0 atom stereocenters. The molecule has 1 saturated carbocycles. The Labute approximate surface area is 141 Å². The minimum Gasteiger partial charge on any atom is -0.839 e. The van der Waals surface area contributed by atoms with Crippen molar-refractivity contribution in [3.8, 4) is 5.88 Å². The highest BCUT2D eigenvalue weighted by molar-refractivity contribution is 7.15. The van der Waals surface area contributed by atoms with Crippen LogP contribution in [0.3, 0.4) is 0 Å². The average molecular weight is 349 g/mol. The second-order valence-electron chi connectivity index (χ2n) is 5.50. The molecule has 3 aromatic rings. The highest BCUT2D eigenvalue weighted by Gasteiger charge is 2.31. The normalized spacial score (nSPS) is 14.3. The first kappa shape index (κ1) is 14.5. The summed E-state index contributed by atoms with van der Waals surface area (Å²) in [5.41, 5.74) is 0.815. The lowest BCUT2D eigenvalue weighted by Gasteiger charge is -2.05. The van der Waals surface area contributed by atoms with Gasteiger partial charge in [-0.05, 0) is 18.9 Å². The summed E-state index contributed by atoms with van der Waals surface area (Å²) in [6.45, 7) is 0.383. The molecule has 0 saturated heterocycles. The molecule has 0 bridgehead atoms. The molecule has 3 heterocycles. The summed E-state index contributed by atoms with van der Waals surface area (Å²) in [4.78, 5) is 17.4. The fraction of sp³-hybridized carbons (Fsp3) is 0.267. The van der Waals surface area contributed by atoms with Crippen molar-refractivity contribution in [2.24, 2.45) is 0 Å². The van der Waals surface area contributed by atoms with Gasteiger partial charge in [-0.2, -0.15) is 0 Å². The molecule has 0 radical (unpaired) electrons. The smallest absolute Gasteiger partial charge is 0.294 e. The molecule has 4 rings (SSSR count). The van der Waals surface area contributed by atoms with Crippen LogP contribution in [0, 0.1) is 0 Å². The van der Waals surface area contributed by atoms with Gasteiger partial charge in [-0.15, -0.1) is 11.3 Å². The van der Waals surface area contributed by atoms with Crippen molar-refractivity contribution in [1.82, 2.24) is 14.9 Å². The summed E-state index contributed by atoms with van der Waals surface area (Å²) in [5, 5.41) is 15.5. The van der Waals surface area contributed by atoms with E-state index in [1.165, 1.54) is 15.7 Å². The fourth-order valence-electron chi connectivity index (χ4n) is 2.54. The van der Waals surface area contributed by atoms with E-state index in [1.54, 1.807) is 23.0 Å². The Hall–Kier alpha value is -2.12. The maximum Gasteiger partial charge on any atom is 0.294 e. The summed E-state index contributed by atoms with van der Waals surface area (Å²) < 4.78 is 3.66. The molecule has 1 aliphatic carbocycles. The number of carbonyl (C=O) groups excluding carboxylic acids is 1. The van der Waals surface area contributed by atoms with E-state index in [0.29, 0.717) is 16.7 Å². The summed E-state index contributed by atoms with van der Waals surface area (Å²) in [6.07, 6.45) is 5.27. The van der Waals surface area contributed by atoms with Crippen molar-refractivity contribution < 1.29 is 14.3 Å². The summed E-state index contributed by atoms with van der Waals surface area (Å²) in [6, 6.07) is 5.62. The molecule has 3 aromatic heterocycles. The molecule has 1 aliphatic rings. The number of halogens is 1. The molecule has 8 heteroatoms. The lowest BCUT2D eigenvalue weighted by Crippen LogP contribution is -2.30. The second kappa shape index (κ2) is 5.50. The molecule has 0 aliphatic heterocycles. The molecule has 1 fully saturated rings. The van der Waals surface area contributed by atoms with Crippen molar-refractivity contribution in [3.05, 3.63) is 45.6 Å². The molecule has 1 amide bonds. The zero-order valence-electron chi connectivity index (χ0n) is 12.0. The number of amides is 1. The van der Waals surface area contributed by atoms with Crippen LogP contribution in [0.1, 0.15) is 28.2 Å². The molecule has 1 N–H and O–H groups in total. The van der Waals surface area contributed by atoms with Gasteiger partial charge >= 0.3 is 0 Å². The van der Waals surface area contributed by atoms with Gasteiger partial charge in [0, 0.05) is 18.3 Å². The van der Waals surface area contributed by atoms with Crippen molar-refractivity contribution >= 4 is 34.5 Å². The van der Waals surface area contributed by atoms with E-state index >= 15 is 0 Å². The van der Waals surface area contributed by atoms with Crippen LogP contribution in [0.5, 0.6) is 5.88 Å². The summed E-state index contributed by atoms with van der Waals surface area (Å²) in [5.74, 6) is -0.633. The van der Waals surface area contributed by atoms with E-state index in [9.17, 15) is 9.90 Å². The number of hydrogen-bond acceptors (Lipinski definition) is 4. The monoisotopic (exact) mass is 348 g/mol. The molecule has 0 spiro atoms. The van der Waals surface area contributed by atoms with Crippen LogP contribution in [0.25, 0.3) is 5.65 Å². The van der Waals surface area contributed by atoms with E-state index in [1.807, 2.05) is 12.1 Å². The lowest BCUT2D eigenvalue weighted by molar-refractivity contribution is -0.582. The van der Waals surface area contributed by atoms with Crippen LogP contribution in [0.4, 0.5) is 0 Å². The number of imidazole rings is 1. The third-order valence-electron chi connectivity index (χ3n) is 3.77. The van der Waals surface area contributed by atoms with Crippen molar-refractivity contribution in [1.29, 1.82) is 0 Å². The molecule has 0 aromatic carbocycles. The fourth-order valence-corrected chi connectivity index (χ4v) is 3.51. The third-order valence-corrected chi connectivity index (χ3v) is 4.87. The Morgan fingerprint density at radius 1 is 1.52 bits per heavy atom. The van der Waals surface area contributed by atoms with E-state index < -0.39 is 0 Å². The van der Waals surface area contributed by atoms with Gasteiger partial charge in [0.1, 0.15) is 12.4 Å². The number of nitrogens with one attached hydrogen (secondary N) is 1. The van der Waals surface area contributed by atoms with Crippen LogP contribution >= 0.6 is 22.9 Å². The van der Waals surface area contributed by atoms with Gasteiger partial charge < -0.3 is 10.4 Å². The number of hydrogen-bond donors (Lipinski definition) is 1. The molecular formula is C15H13ClN4O2S. The zero-order chi connectivity index (χ0) is 16.0. The Kier molecular flexibility index (Phi) is 3.46. The van der Waals surface area contributed by atoms with Gasteiger partial charge in [0.05, 0.1) is 11.1 Å². The van der Waals surface area contributed by atoms with Crippen LogP contribution in [0.15, 0.2) is 30.6 Å². The van der Waals surface area contributed by atoms with Crippen LogP contribution in [-0.4, -0.2) is 21.5 Å². The number of nitrogens with zero attached hydrogens (tertiary/aromatic N) is 3. The predicted molar refractivity (Wildman–Crippen MR) is 83.8 cm³/mol. The molecule has 118 valence electrons. The standard InChI is InChI=1S/C15H13ClN4O2S/c16-15-17-7-10(23-15)8-20-11-3-1-2-6-19(11)14(22)12(20)13(21)18-9-4-5-9/h1-3,6-7,9H,4-5,8H2,(H-,18,21,22). The van der Waals surface area contributed by atoms with Gasteiger partial charge in [-0.1, -0.05) is 17.7 Å². The quantitative estimate of drug-likeness (QED) is 0.723. The minimum absolute atomic E-state index is 0.146. The van der Waals surface area contributed by atoms with E-state index in [2.05, 4.69) is 10.3 Å². The molecule has 0 unspecified atom stereocenters. The number of carbonyl (C=O) groups is 1. The summed E-state index contributed by atoms with van der Waals surface area (Å²) >= 11 is 7.22. The van der Waals surface area contributed by atoms with Crippen molar-refractivity contribution in [2.45, 2.75) is 25.4 Å². The van der Waals surface area contributed by atoms with Gasteiger partial charge in [0.2, 0.25) is 5.69 Å². The topological polar surface area (TPSA) is 74.1 Å². The van der Waals surface area contributed by atoms with E-state index in [4.69, 9.17) is 11.6 Å². The SMILES string of the molecule is O=C(NC1CC1)c1c([O-])[n+]2ccccc2n1Cc1cnc(Cl)s1. The maximum absolute atomic E-state index is 12.6. The van der Waals surface area contributed by atoms with E-state index in [-0.39, 0.29) is 23.5 Å². The Bertz CT molecular complexity index is 900. The number of thiazole rings is 1. The first-order valence-electron chi connectivity index (χ1n) is 7.24. The molecule has 23 heavy (non-hydrogen) atoms. The van der Waals surface area contributed by atoms with Gasteiger partial charge in [0.25, 0.3) is 11.6 Å². The Morgan fingerprint density at radius 2 is 2.35 bits per heavy atom. The zero-order valence-corrected chi connectivity index (χ0v) is 13.6. The van der Waals surface area contributed by atoms with E-state index in [0.717, 1.165) is 17.7 Å². The van der Waals surface area contributed by atoms with Crippen molar-refractivity contribution in [3.63, 3.8) is 0 Å². The summed E-state index contributed by atoms with van der Waals surface area (Å²) in [7, 11) is 0. The van der Waals surface area contributed by atoms with Gasteiger partial charge in [0.15, 0.2) is 4.47 Å². The third kappa shape index (κ3) is 2.66. The highest BCUT2D eigenvalue weighted by Crippen LogP contribution is 2.24. The predicted octanol–water partition coefficient (Wildman–Crippen LogP) is 1.35. The number of pyridine rings is 1.